The molecule has 3 N–H and O–H groups in total. The summed E-state index contributed by atoms with van der Waals surface area (Å²) in [7, 11) is 1.68. The third kappa shape index (κ3) is 2.23. The summed E-state index contributed by atoms with van der Waals surface area (Å²) in [5.74, 6) is 0.350. The van der Waals surface area contributed by atoms with Crippen molar-refractivity contribution < 1.29 is 9.90 Å². The van der Waals surface area contributed by atoms with Gasteiger partial charge in [-0.25, -0.2) is 9.48 Å². The molecule has 2 aromatic rings. The van der Waals surface area contributed by atoms with E-state index in [4.69, 9.17) is 0 Å². The monoisotopic (exact) mass is 273 g/mol. The third-order valence-electron chi connectivity index (χ3n) is 3.43. The van der Waals surface area contributed by atoms with Gasteiger partial charge in [-0.05, 0) is 11.1 Å². The number of rotatable bonds is 2. The summed E-state index contributed by atoms with van der Waals surface area (Å²) in [5, 5.41) is 19.3. The maximum Gasteiger partial charge on any atom is 0.322 e. The summed E-state index contributed by atoms with van der Waals surface area (Å²) < 4.78 is 1.46. The molecule has 7 heteroatoms. The number of aromatic nitrogens is 3. The second kappa shape index (κ2) is 4.93. The molecule has 1 aromatic heterocycles. The maximum atomic E-state index is 12.0. The van der Waals surface area contributed by atoms with Crippen molar-refractivity contribution >= 4 is 12.0 Å². The van der Waals surface area contributed by atoms with Crippen molar-refractivity contribution in [3.8, 4) is 0 Å². The molecule has 2 atom stereocenters. The SMILES string of the molecule is Cn1ncnc1NC(=O)N[C@@H]1c2ccccc2C[C@@H]1O. The molecule has 1 aliphatic rings. The largest absolute Gasteiger partial charge is 0.390 e. The number of aliphatic hydroxyl groups is 1. The first kappa shape index (κ1) is 12.6. The van der Waals surface area contributed by atoms with Gasteiger partial charge >= 0.3 is 6.03 Å². The molecule has 1 aromatic carbocycles. The first-order valence-electron chi connectivity index (χ1n) is 6.32. The van der Waals surface area contributed by atoms with Gasteiger partial charge in [0.2, 0.25) is 5.95 Å². The van der Waals surface area contributed by atoms with E-state index in [-0.39, 0.29) is 0 Å². The lowest BCUT2D eigenvalue weighted by atomic mass is 10.1. The van der Waals surface area contributed by atoms with Gasteiger partial charge in [0.15, 0.2) is 0 Å². The average molecular weight is 273 g/mol. The van der Waals surface area contributed by atoms with Crippen molar-refractivity contribution in [3.63, 3.8) is 0 Å². The molecule has 20 heavy (non-hydrogen) atoms. The Balaban J connectivity index is 1.72. The zero-order chi connectivity index (χ0) is 14.1. The molecule has 104 valence electrons. The fourth-order valence-electron chi connectivity index (χ4n) is 2.44. The van der Waals surface area contributed by atoms with Crippen molar-refractivity contribution in [2.24, 2.45) is 7.05 Å². The number of nitrogens with zero attached hydrogens (tertiary/aromatic N) is 3. The Hall–Kier alpha value is -2.41. The van der Waals surface area contributed by atoms with Gasteiger partial charge in [-0.3, -0.25) is 5.32 Å². The topological polar surface area (TPSA) is 92.1 Å². The fraction of sp³-hybridized carbons (Fsp3) is 0.308. The van der Waals surface area contributed by atoms with E-state index < -0.39 is 18.2 Å². The number of carbonyl (C=O) groups excluding carboxylic acids is 1. The van der Waals surface area contributed by atoms with E-state index in [1.807, 2.05) is 24.3 Å². The highest BCUT2D eigenvalue weighted by Gasteiger charge is 2.31. The Morgan fingerprint density at radius 1 is 1.45 bits per heavy atom. The molecule has 0 fully saturated rings. The maximum absolute atomic E-state index is 12.0. The number of amides is 2. The molecule has 0 aliphatic heterocycles. The number of fused-ring (bicyclic) bond motifs is 1. The van der Waals surface area contributed by atoms with E-state index in [1.54, 1.807) is 7.05 Å². The Bertz CT molecular complexity index is 639. The van der Waals surface area contributed by atoms with Gasteiger partial charge < -0.3 is 10.4 Å². The third-order valence-corrected chi connectivity index (χ3v) is 3.43. The zero-order valence-corrected chi connectivity index (χ0v) is 10.9. The highest BCUT2D eigenvalue weighted by molar-refractivity contribution is 5.87. The van der Waals surface area contributed by atoms with Crippen LogP contribution >= 0.6 is 0 Å². The summed E-state index contributed by atoms with van der Waals surface area (Å²) in [6.45, 7) is 0. The van der Waals surface area contributed by atoms with Crippen molar-refractivity contribution in [3.05, 3.63) is 41.7 Å². The van der Waals surface area contributed by atoms with Crippen LogP contribution in [0.25, 0.3) is 0 Å². The predicted molar refractivity (Wildman–Crippen MR) is 72.1 cm³/mol. The van der Waals surface area contributed by atoms with E-state index in [0.29, 0.717) is 12.4 Å². The summed E-state index contributed by atoms with van der Waals surface area (Å²) in [6, 6.07) is 6.88. The minimum absolute atomic E-state index is 0.350. The number of anilines is 1. The van der Waals surface area contributed by atoms with E-state index in [9.17, 15) is 9.90 Å². The van der Waals surface area contributed by atoms with Crippen LogP contribution in [-0.2, 0) is 13.5 Å². The van der Waals surface area contributed by atoms with Gasteiger partial charge in [-0.15, -0.1) is 0 Å². The van der Waals surface area contributed by atoms with Crippen LogP contribution in [0.4, 0.5) is 10.7 Å². The summed E-state index contributed by atoms with van der Waals surface area (Å²) in [4.78, 5) is 15.9. The Morgan fingerprint density at radius 3 is 3.00 bits per heavy atom. The molecule has 0 saturated heterocycles. The minimum atomic E-state index is -0.613. The van der Waals surface area contributed by atoms with Gasteiger partial charge in [0.1, 0.15) is 6.33 Å². The van der Waals surface area contributed by atoms with Crippen LogP contribution in [0, 0.1) is 0 Å². The standard InChI is InChI=1S/C13H15N5O2/c1-18-12(14-7-15-18)17-13(20)16-11-9-5-3-2-4-8(9)6-10(11)19/h2-5,7,10-11,19H,6H2,1H3,(H2,14,15,16,17,20)/t10-,11+/m0/s1. The lowest BCUT2D eigenvalue weighted by molar-refractivity contribution is 0.144. The molecule has 2 amide bonds. The van der Waals surface area contributed by atoms with Crippen molar-refractivity contribution in [1.29, 1.82) is 0 Å². The molecule has 0 radical (unpaired) electrons. The molecule has 1 aliphatic carbocycles. The van der Waals surface area contributed by atoms with Crippen LogP contribution in [-0.4, -0.2) is 32.0 Å². The van der Waals surface area contributed by atoms with E-state index in [2.05, 4.69) is 20.7 Å². The van der Waals surface area contributed by atoms with Crippen LogP contribution in [0.2, 0.25) is 0 Å². The highest BCUT2D eigenvalue weighted by atomic mass is 16.3. The lowest BCUT2D eigenvalue weighted by Gasteiger charge is -2.18. The van der Waals surface area contributed by atoms with E-state index in [1.165, 1.54) is 11.0 Å². The first-order chi connectivity index (χ1) is 9.65. The summed E-state index contributed by atoms with van der Waals surface area (Å²) in [6.07, 6.45) is 1.29. The molecular weight excluding hydrogens is 258 g/mol. The Morgan fingerprint density at radius 2 is 2.25 bits per heavy atom. The molecule has 1 heterocycles. The quantitative estimate of drug-likeness (QED) is 0.747. The lowest BCUT2D eigenvalue weighted by Crippen LogP contribution is -2.37. The van der Waals surface area contributed by atoms with Gasteiger partial charge in [0.25, 0.3) is 0 Å². The molecule has 0 unspecified atom stereocenters. The number of carbonyl (C=O) groups is 1. The molecule has 0 bridgehead atoms. The van der Waals surface area contributed by atoms with Crippen molar-refractivity contribution in [2.45, 2.75) is 18.6 Å². The first-order valence-corrected chi connectivity index (χ1v) is 6.32. The van der Waals surface area contributed by atoms with Crippen LogP contribution in [0.5, 0.6) is 0 Å². The van der Waals surface area contributed by atoms with Gasteiger partial charge in [0, 0.05) is 13.5 Å². The predicted octanol–water partition coefficient (Wildman–Crippen LogP) is 0.595. The van der Waals surface area contributed by atoms with E-state index >= 15 is 0 Å². The minimum Gasteiger partial charge on any atom is -0.390 e. The second-order valence-electron chi connectivity index (χ2n) is 4.75. The van der Waals surface area contributed by atoms with Gasteiger partial charge in [-0.1, -0.05) is 24.3 Å². The molecule has 3 rings (SSSR count). The van der Waals surface area contributed by atoms with Crippen molar-refractivity contribution in [1.82, 2.24) is 20.1 Å². The summed E-state index contributed by atoms with van der Waals surface area (Å²) >= 11 is 0. The zero-order valence-electron chi connectivity index (χ0n) is 10.9. The van der Waals surface area contributed by atoms with Gasteiger partial charge in [0.05, 0.1) is 12.1 Å². The molecule has 7 nitrogen and oxygen atoms in total. The molecule has 0 saturated carbocycles. The number of aryl methyl sites for hydroxylation is 1. The normalized spacial score (nSPS) is 20.5. The molecular formula is C13H15N5O2. The number of hydrogen-bond donors (Lipinski definition) is 3. The number of urea groups is 1. The number of aliphatic hydroxyl groups excluding tert-OH is 1. The van der Waals surface area contributed by atoms with Crippen molar-refractivity contribution in [2.75, 3.05) is 5.32 Å². The second-order valence-corrected chi connectivity index (χ2v) is 4.75. The average Bonchev–Trinajstić information content (AvgIpc) is 2.95. The number of benzene rings is 1. The van der Waals surface area contributed by atoms with E-state index in [0.717, 1.165) is 11.1 Å². The number of hydrogen-bond acceptors (Lipinski definition) is 4. The van der Waals surface area contributed by atoms with Crippen LogP contribution in [0.15, 0.2) is 30.6 Å². The van der Waals surface area contributed by atoms with Gasteiger partial charge in [-0.2, -0.15) is 10.1 Å². The van der Waals surface area contributed by atoms with Crippen LogP contribution < -0.4 is 10.6 Å². The fourth-order valence-corrected chi connectivity index (χ4v) is 2.44. The van der Waals surface area contributed by atoms with Crippen LogP contribution in [0.3, 0.4) is 0 Å². The Labute approximate surface area is 115 Å². The smallest absolute Gasteiger partial charge is 0.322 e. The summed E-state index contributed by atoms with van der Waals surface area (Å²) in [5.41, 5.74) is 2.01. The highest BCUT2D eigenvalue weighted by Crippen LogP contribution is 2.31. The molecule has 0 spiro atoms. The number of nitrogens with one attached hydrogen (secondary N) is 2. The van der Waals surface area contributed by atoms with Crippen LogP contribution in [0.1, 0.15) is 17.2 Å². The Kier molecular flexibility index (Phi) is 3.11.